The molecule has 5 atom stereocenters. The number of carbonyl (C=O) groups excluding carboxylic acids is 2. The van der Waals surface area contributed by atoms with Crippen LogP contribution in [0.3, 0.4) is 0 Å². The first-order valence-electron chi connectivity index (χ1n) is 11.6. The van der Waals surface area contributed by atoms with Gasteiger partial charge in [-0.05, 0) is 37.1 Å². The van der Waals surface area contributed by atoms with Crippen molar-refractivity contribution in [1.29, 1.82) is 0 Å². The number of benzene rings is 1. The summed E-state index contributed by atoms with van der Waals surface area (Å²) in [5.74, 6) is 0.689. The summed E-state index contributed by atoms with van der Waals surface area (Å²) in [5.41, 5.74) is 0.533. The van der Waals surface area contributed by atoms with E-state index in [0.717, 1.165) is 32.1 Å². The van der Waals surface area contributed by atoms with Crippen LogP contribution in [0.1, 0.15) is 42.5 Å². The number of hydrogen-bond acceptors (Lipinski definition) is 5. The minimum atomic E-state index is -0.258. The van der Waals surface area contributed by atoms with Crippen molar-refractivity contribution >= 4 is 11.8 Å². The summed E-state index contributed by atoms with van der Waals surface area (Å²) in [6, 6.07) is 6.79. The molecule has 1 saturated carbocycles. The van der Waals surface area contributed by atoms with Crippen LogP contribution < -0.4 is 15.4 Å². The molecule has 3 fully saturated rings. The maximum atomic E-state index is 12.9. The van der Waals surface area contributed by atoms with Gasteiger partial charge in [0.05, 0.1) is 25.3 Å². The monoisotopic (exact) mass is 438 g/mol. The summed E-state index contributed by atoms with van der Waals surface area (Å²) >= 11 is 0. The Balaban J connectivity index is 1.16. The fourth-order valence-corrected chi connectivity index (χ4v) is 5.02. The molecular weight excluding hydrogens is 408 g/mol. The average Bonchev–Trinajstić information content (AvgIpc) is 3.55. The summed E-state index contributed by atoms with van der Waals surface area (Å²) < 4.78 is 17.8. The van der Waals surface area contributed by atoms with Crippen LogP contribution in [-0.2, 0) is 14.3 Å². The van der Waals surface area contributed by atoms with E-state index in [1.807, 2.05) is 30.4 Å². The van der Waals surface area contributed by atoms with Gasteiger partial charge in [0, 0.05) is 17.9 Å². The van der Waals surface area contributed by atoms with Crippen molar-refractivity contribution < 1.29 is 23.8 Å². The molecule has 32 heavy (non-hydrogen) atoms. The van der Waals surface area contributed by atoms with E-state index in [1.165, 1.54) is 0 Å². The van der Waals surface area contributed by atoms with E-state index in [0.29, 0.717) is 24.5 Å². The summed E-state index contributed by atoms with van der Waals surface area (Å²) in [7, 11) is 0. The Morgan fingerprint density at radius 1 is 0.969 bits per heavy atom. The van der Waals surface area contributed by atoms with Crippen LogP contribution in [0.25, 0.3) is 0 Å². The van der Waals surface area contributed by atoms with Gasteiger partial charge >= 0.3 is 0 Å². The van der Waals surface area contributed by atoms with Crippen molar-refractivity contribution in [3.05, 3.63) is 54.1 Å². The van der Waals surface area contributed by atoms with Gasteiger partial charge in [0.2, 0.25) is 5.91 Å². The molecule has 5 rings (SSSR count). The fourth-order valence-electron chi connectivity index (χ4n) is 5.02. The highest BCUT2D eigenvalue weighted by atomic mass is 16.6. The molecule has 2 amide bonds. The Kier molecular flexibility index (Phi) is 6.28. The lowest BCUT2D eigenvalue weighted by Gasteiger charge is -2.20. The van der Waals surface area contributed by atoms with Crippen LogP contribution in [0.5, 0.6) is 5.75 Å². The minimum absolute atomic E-state index is 0.0226. The van der Waals surface area contributed by atoms with E-state index < -0.39 is 0 Å². The Bertz CT molecular complexity index is 907. The molecule has 0 bridgehead atoms. The number of amides is 2. The van der Waals surface area contributed by atoms with E-state index in [9.17, 15) is 9.59 Å². The first kappa shape index (κ1) is 21.2. The van der Waals surface area contributed by atoms with Crippen LogP contribution in [-0.4, -0.2) is 55.4 Å². The van der Waals surface area contributed by atoms with E-state index in [4.69, 9.17) is 14.2 Å². The van der Waals surface area contributed by atoms with Crippen molar-refractivity contribution in [2.45, 2.75) is 62.5 Å². The van der Waals surface area contributed by atoms with Crippen LogP contribution in [0.4, 0.5) is 0 Å². The quantitative estimate of drug-likeness (QED) is 0.713. The van der Waals surface area contributed by atoms with Gasteiger partial charge in [-0.3, -0.25) is 9.59 Å². The molecule has 5 unspecified atom stereocenters. The topological polar surface area (TPSA) is 85.9 Å². The van der Waals surface area contributed by atoms with E-state index in [2.05, 4.69) is 16.7 Å². The molecule has 2 aliphatic heterocycles. The number of ether oxygens (including phenoxy) is 3. The third-order valence-corrected chi connectivity index (χ3v) is 6.75. The summed E-state index contributed by atoms with van der Waals surface area (Å²) in [5, 5.41) is 6.16. The van der Waals surface area contributed by atoms with Gasteiger partial charge in [0.25, 0.3) is 5.91 Å². The first-order chi connectivity index (χ1) is 15.7. The molecule has 1 aromatic carbocycles. The highest BCUT2D eigenvalue weighted by Gasteiger charge is 2.49. The Morgan fingerprint density at radius 3 is 2.44 bits per heavy atom. The van der Waals surface area contributed by atoms with Gasteiger partial charge in [-0.25, -0.2) is 0 Å². The van der Waals surface area contributed by atoms with Gasteiger partial charge in [-0.1, -0.05) is 37.1 Å². The third kappa shape index (κ3) is 4.59. The van der Waals surface area contributed by atoms with Crippen molar-refractivity contribution in [2.75, 3.05) is 13.2 Å². The van der Waals surface area contributed by atoms with Gasteiger partial charge in [-0.2, -0.15) is 0 Å². The largest absolute Gasteiger partial charge is 0.486 e. The molecule has 2 saturated heterocycles. The standard InChI is InChI=1S/C25H30N2O5/c28-24(16-7-4-5-8-16)26-20-14-30-23-21(15-31-22(20)23)27-25(29)17-9-6-12-19(13-17)32-18-10-2-1-3-11-18/h1-3,6,9-10,12-13,16,18,20-23H,4-5,7-8,11,14-15H2,(H,26,28)(H,27,29). The maximum absolute atomic E-state index is 12.9. The van der Waals surface area contributed by atoms with Gasteiger partial charge in [-0.15, -0.1) is 0 Å². The number of allylic oxidation sites excluding steroid dienone is 2. The van der Waals surface area contributed by atoms with Gasteiger partial charge < -0.3 is 24.8 Å². The fraction of sp³-hybridized carbons (Fsp3) is 0.520. The molecule has 0 radical (unpaired) electrons. The second-order valence-electron chi connectivity index (χ2n) is 9.01. The van der Waals surface area contributed by atoms with Crippen LogP contribution >= 0.6 is 0 Å². The van der Waals surface area contributed by atoms with E-state index >= 15 is 0 Å². The number of rotatable bonds is 6. The van der Waals surface area contributed by atoms with E-state index in [-0.39, 0.29) is 48.1 Å². The highest BCUT2D eigenvalue weighted by molar-refractivity contribution is 5.94. The average molecular weight is 439 g/mol. The molecule has 0 aromatic heterocycles. The molecule has 0 spiro atoms. The second-order valence-corrected chi connectivity index (χ2v) is 9.01. The number of fused-ring (bicyclic) bond motifs is 1. The van der Waals surface area contributed by atoms with Crippen molar-refractivity contribution in [1.82, 2.24) is 10.6 Å². The smallest absolute Gasteiger partial charge is 0.251 e. The SMILES string of the molecule is O=C(NC1COC2C(NC(=O)C3CCCC3)COC12)c1cccc(OC2C=CC=CC2)c1. The normalized spacial score (nSPS) is 31.4. The number of hydrogen-bond donors (Lipinski definition) is 2. The predicted octanol–water partition coefficient (Wildman–Crippen LogP) is 2.52. The zero-order valence-electron chi connectivity index (χ0n) is 18.1. The summed E-state index contributed by atoms with van der Waals surface area (Å²) in [6.45, 7) is 0.777. The Hall–Kier alpha value is -2.64. The van der Waals surface area contributed by atoms with Crippen LogP contribution in [0, 0.1) is 5.92 Å². The lowest BCUT2D eigenvalue weighted by Crippen LogP contribution is -2.47. The summed E-state index contributed by atoms with van der Waals surface area (Å²) in [4.78, 5) is 25.4. The second kappa shape index (κ2) is 9.46. The molecular formula is C25H30N2O5. The zero-order chi connectivity index (χ0) is 21.9. The molecule has 7 heteroatoms. The molecule has 4 aliphatic rings. The zero-order valence-corrected chi connectivity index (χ0v) is 18.1. The molecule has 2 N–H and O–H groups in total. The Morgan fingerprint density at radius 2 is 1.72 bits per heavy atom. The lowest BCUT2D eigenvalue weighted by molar-refractivity contribution is -0.126. The maximum Gasteiger partial charge on any atom is 0.251 e. The minimum Gasteiger partial charge on any atom is -0.486 e. The van der Waals surface area contributed by atoms with Crippen LogP contribution in [0.2, 0.25) is 0 Å². The summed E-state index contributed by atoms with van der Waals surface area (Å²) in [6.07, 6.45) is 12.5. The molecule has 7 nitrogen and oxygen atoms in total. The molecule has 2 aliphatic carbocycles. The highest BCUT2D eigenvalue weighted by Crippen LogP contribution is 2.29. The van der Waals surface area contributed by atoms with Gasteiger partial charge in [0.1, 0.15) is 24.1 Å². The van der Waals surface area contributed by atoms with E-state index in [1.54, 1.807) is 12.1 Å². The lowest BCUT2D eigenvalue weighted by atomic mass is 10.0. The van der Waals surface area contributed by atoms with Crippen molar-refractivity contribution in [3.63, 3.8) is 0 Å². The van der Waals surface area contributed by atoms with Crippen molar-refractivity contribution in [3.8, 4) is 5.75 Å². The first-order valence-corrected chi connectivity index (χ1v) is 11.6. The third-order valence-electron chi connectivity index (χ3n) is 6.75. The number of carbonyl (C=O) groups is 2. The van der Waals surface area contributed by atoms with Crippen LogP contribution in [0.15, 0.2) is 48.6 Å². The predicted molar refractivity (Wildman–Crippen MR) is 118 cm³/mol. The molecule has 2 heterocycles. The number of nitrogens with one attached hydrogen (secondary N) is 2. The molecule has 170 valence electrons. The molecule has 1 aromatic rings. The Labute approximate surface area is 188 Å². The van der Waals surface area contributed by atoms with Gasteiger partial charge in [0.15, 0.2) is 0 Å². The van der Waals surface area contributed by atoms with Crippen molar-refractivity contribution in [2.24, 2.45) is 5.92 Å².